The van der Waals surface area contributed by atoms with Crippen LogP contribution in [0.5, 0.6) is 0 Å². The smallest absolute Gasteiger partial charge is 0.163 e. The lowest BCUT2D eigenvalue weighted by Crippen LogP contribution is -2.11. The number of carbonyl (C=O) groups is 1. The van der Waals surface area contributed by atoms with E-state index in [4.69, 9.17) is 0 Å². The van der Waals surface area contributed by atoms with E-state index in [-0.39, 0.29) is 5.78 Å². The quantitative estimate of drug-likeness (QED) is 0.635. The van der Waals surface area contributed by atoms with Crippen molar-refractivity contribution < 1.29 is 4.79 Å². The number of hydrogen-bond donors (Lipinski definition) is 0. The molecule has 2 nitrogen and oxygen atoms in total. The second-order valence-corrected chi connectivity index (χ2v) is 3.66. The summed E-state index contributed by atoms with van der Waals surface area (Å²) in [6.07, 6.45) is 4.28. The molecule has 0 bridgehead atoms. The Bertz CT molecular complexity index is 335. The molecule has 0 atom stereocenters. The van der Waals surface area contributed by atoms with E-state index in [0.29, 0.717) is 6.42 Å². The minimum atomic E-state index is 0.249. The van der Waals surface area contributed by atoms with Crippen LogP contribution in [0.4, 0.5) is 0 Å². The van der Waals surface area contributed by atoms with Gasteiger partial charge in [-0.15, -0.1) is 0 Å². The predicted octanol–water partition coefficient (Wildman–Crippen LogP) is 2.36. The first-order valence-electron chi connectivity index (χ1n) is 3.95. The minimum Gasteiger partial charge on any atom is -0.294 e. The molecule has 0 aliphatic heterocycles. The normalized spacial score (nSPS) is 15.9. The molecule has 0 saturated carbocycles. The molecule has 3 heteroatoms. The van der Waals surface area contributed by atoms with Crippen LogP contribution in [-0.2, 0) is 6.42 Å². The number of pyridine rings is 1. The minimum absolute atomic E-state index is 0.249. The first kappa shape index (κ1) is 7.92. The van der Waals surface area contributed by atoms with E-state index >= 15 is 0 Å². The van der Waals surface area contributed by atoms with Crippen LogP contribution in [0.15, 0.2) is 16.9 Å². The van der Waals surface area contributed by atoms with Crippen molar-refractivity contribution in [2.45, 2.75) is 19.3 Å². The Morgan fingerprint density at radius 1 is 1.42 bits per heavy atom. The number of rotatable bonds is 0. The zero-order chi connectivity index (χ0) is 8.55. The molecule has 1 aliphatic carbocycles. The zero-order valence-electron chi connectivity index (χ0n) is 6.51. The monoisotopic (exact) mass is 225 g/mol. The molecule has 0 N–H and O–H groups in total. The van der Waals surface area contributed by atoms with E-state index in [0.717, 1.165) is 28.6 Å². The Morgan fingerprint density at radius 2 is 2.25 bits per heavy atom. The summed E-state index contributed by atoms with van der Waals surface area (Å²) >= 11 is 3.35. The van der Waals surface area contributed by atoms with Crippen molar-refractivity contribution in [3.05, 3.63) is 28.0 Å². The van der Waals surface area contributed by atoms with Crippen LogP contribution in [0.1, 0.15) is 28.8 Å². The highest BCUT2D eigenvalue weighted by atomic mass is 79.9. The molecule has 1 aromatic heterocycles. The van der Waals surface area contributed by atoms with Crippen LogP contribution < -0.4 is 0 Å². The van der Waals surface area contributed by atoms with Crippen LogP contribution in [0.3, 0.4) is 0 Å². The number of hydrogen-bond acceptors (Lipinski definition) is 2. The fraction of sp³-hybridized carbons (Fsp3) is 0.333. The van der Waals surface area contributed by atoms with Gasteiger partial charge in [0.2, 0.25) is 0 Å². The number of Topliss-reactive ketones (excluding diaryl/α,β-unsaturated/α-hetero) is 1. The van der Waals surface area contributed by atoms with Gasteiger partial charge >= 0.3 is 0 Å². The molecule has 1 aliphatic rings. The van der Waals surface area contributed by atoms with E-state index in [1.165, 1.54) is 0 Å². The van der Waals surface area contributed by atoms with E-state index in [2.05, 4.69) is 20.9 Å². The number of aromatic nitrogens is 1. The highest BCUT2D eigenvalue weighted by Crippen LogP contribution is 2.25. The maximum atomic E-state index is 11.4. The van der Waals surface area contributed by atoms with Crippen molar-refractivity contribution in [3.8, 4) is 0 Å². The van der Waals surface area contributed by atoms with Crippen molar-refractivity contribution in [1.29, 1.82) is 0 Å². The van der Waals surface area contributed by atoms with E-state index in [1.54, 1.807) is 6.20 Å². The van der Waals surface area contributed by atoms with Crippen molar-refractivity contribution >= 4 is 21.7 Å². The average Bonchev–Trinajstić information content (AvgIpc) is 2.07. The lowest BCUT2D eigenvalue weighted by atomic mass is 9.92. The average molecular weight is 226 g/mol. The molecule has 2 rings (SSSR count). The molecule has 0 aromatic carbocycles. The van der Waals surface area contributed by atoms with Crippen LogP contribution >= 0.6 is 15.9 Å². The van der Waals surface area contributed by atoms with Gasteiger partial charge in [-0.3, -0.25) is 4.79 Å². The van der Waals surface area contributed by atoms with E-state index in [1.807, 2.05) is 6.07 Å². The summed E-state index contributed by atoms with van der Waals surface area (Å²) in [5.41, 5.74) is 1.93. The predicted molar refractivity (Wildman–Crippen MR) is 49.2 cm³/mol. The Kier molecular flexibility index (Phi) is 1.97. The highest BCUT2D eigenvalue weighted by Gasteiger charge is 2.18. The molecule has 62 valence electrons. The van der Waals surface area contributed by atoms with Crippen molar-refractivity contribution in [3.63, 3.8) is 0 Å². The third-order valence-electron chi connectivity index (χ3n) is 2.13. The summed E-state index contributed by atoms with van der Waals surface area (Å²) in [5, 5.41) is 0. The third kappa shape index (κ3) is 1.18. The highest BCUT2D eigenvalue weighted by molar-refractivity contribution is 9.10. The molecule has 0 spiro atoms. The van der Waals surface area contributed by atoms with E-state index in [9.17, 15) is 4.79 Å². The standard InChI is InChI=1S/C9H8BrNO/c10-9-7-2-1-3-8(12)6(7)4-5-11-9/h4-5H,1-3H2. The summed E-state index contributed by atoms with van der Waals surface area (Å²) < 4.78 is 0.827. The molecular weight excluding hydrogens is 218 g/mol. The first-order chi connectivity index (χ1) is 5.79. The van der Waals surface area contributed by atoms with Gasteiger partial charge in [0, 0.05) is 18.2 Å². The Hall–Kier alpha value is -0.700. The molecule has 0 unspecified atom stereocenters. The van der Waals surface area contributed by atoms with E-state index < -0.39 is 0 Å². The van der Waals surface area contributed by atoms with Gasteiger partial charge in [0.05, 0.1) is 0 Å². The van der Waals surface area contributed by atoms with Crippen LogP contribution in [0.25, 0.3) is 0 Å². The molecular formula is C9H8BrNO. The van der Waals surface area contributed by atoms with Gasteiger partial charge in [-0.1, -0.05) is 0 Å². The second-order valence-electron chi connectivity index (χ2n) is 2.90. The summed E-state index contributed by atoms with van der Waals surface area (Å²) in [6, 6.07) is 1.81. The number of ketones is 1. The Balaban J connectivity index is 2.59. The maximum absolute atomic E-state index is 11.4. The van der Waals surface area contributed by atoms with Gasteiger partial charge in [0.1, 0.15) is 4.60 Å². The second kappa shape index (κ2) is 2.98. The summed E-state index contributed by atoms with van der Waals surface area (Å²) in [6.45, 7) is 0. The van der Waals surface area contributed by atoms with Crippen molar-refractivity contribution in [2.75, 3.05) is 0 Å². The van der Waals surface area contributed by atoms with Gasteiger partial charge < -0.3 is 0 Å². The lowest BCUT2D eigenvalue weighted by Gasteiger charge is -2.14. The molecule has 0 saturated heterocycles. The molecule has 0 fully saturated rings. The summed E-state index contributed by atoms with van der Waals surface area (Å²) in [5.74, 6) is 0.249. The fourth-order valence-corrected chi connectivity index (χ4v) is 2.06. The topological polar surface area (TPSA) is 30.0 Å². The number of carbonyl (C=O) groups excluding carboxylic acids is 1. The van der Waals surface area contributed by atoms with Crippen LogP contribution in [0.2, 0.25) is 0 Å². The fourth-order valence-electron chi connectivity index (χ4n) is 1.53. The van der Waals surface area contributed by atoms with Gasteiger partial charge in [-0.25, -0.2) is 4.98 Å². The van der Waals surface area contributed by atoms with Gasteiger partial charge in [0.15, 0.2) is 5.78 Å². The summed E-state index contributed by atoms with van der Waals surface area (Å²) in [4.78, 5) is 15.5. The van der Waals surface area contributed by atoms with Crippen LogP contribution in [-0.4, -0.2) is 10.8 Å². The van der Waals surface area contributed by atoms with Crippen molar-refractivity contribution in [1.82, 2.24) is 4.98 Å². The van der Waals surface area contributed by atoms with Crippen LogP contribution in [0, 0.1) is 0 Å². The third-order valence-corrected chi connectivity index (χ3v) is 2.82. The lowest BCUT2D eigenvalue weighted by molar-refractivity contribution is 0.0972. The molecule has 1 heterocycles. The molecule has 1 aromatic rings. The molecule has 0 amide bonds. The number of nitrogens with zero attached hydrogens (tertiary/aromatic N) is 1. The largest absolute Gasteiger partial charge is 0.294 e. The van der Waals surface area contributed by atoms with Crippen molar-refractivity contribution in [2.24, 2.45) is 0 Å². The SMILES string of the molecule is O=C1CCCc2c1ccnc2Br. The maximum Gasteiger partial charge on any atom is 0.163 e. The van der Waals surface area contributed by atoms with Gasteiger partial charge in [-0.05, 0) is 40.4 Å². The molecule has 0 radical (unpaired) electrons. The van der Waals surface area contributed by atoms with Gasteiger partial charge in [0.25, 0.3) is 0 Å². The van der Waals surface area contributed by atoms with Gasteiger partial charge in [-0.2, -0.15) is 0 Å². The Labute approximate surface area is 79.1 Å². The first-order valence-corrected chi connectivity index (χ1v) is 4.75. The molecule has 12 heavy (non-hydrogen) atoms. The Morgan fingerprint density at radius 3 is 3.00 bits per heavy atom. The number of fused-ring (bicyclic) bond motifs is 1. The summed E-state index contributed by atoms with van der Waals surface area (Å²) in [7, 11) is 0. The number of halogens is 1. The zero-order valence-corrected chi connectivity index (χ0v) is 8.10.